The van der Waals surface area contributed by atoms with Gasteiger partial charge in [0.1, 0.15) is 0 Å². The molecule has 0 bridgehead atoms. The largest absolute Gasteiger partial charge is 0.490 e. The fourth-order valence-electron chi connectivity index (χ4n) is 1.37. The van der Waals surface area contributed by atoms with Gasteiger partial charge in [-0.2, -0.15) is 11.8 Å². The van der Waals surface area contributed by atoms with E-state index in [1.54, 1.807) is 24.0 Å². The van der Waals surface area contributed by atoms with Crippen molar-refractivity contribution in [2.75, 3.05) is 5.75 Å². The van der Waals surface area contributed by atoms with Crippen molar-refractivity contribution in [1.29, 1.82) is 0 Å². The number of pyridine rings is 1. The molecule has 82 valence electrons. The van der Waals surface area contributed by atoms with Crippen molar-refractivity contribution >= 4 is 24.3 Å². The standard InChI is InChI=1S/C10H16BNO2S/c1-4-15-10(2,3)8-5-9(11(13)14)7-12-6-8/h5-7,13-14H,4H2,1-3H3. The zero-order valence-corrected chi connectivity index (χ0v) is 10.1. The van der Waals surface area contributed by atoms with Crippen LogP contribution in [0, 0.1) is 0 Å². The van der Waals surface area contributed by atoms with Crippen molar-refractivity contribution in [3.63, 3.8) is 0 Å². The lowest BCUT2D eigenvalue weighted by Crippen LogP contribution is -2.31. The second-order valence-corrected chi connectivity index (χ2v) is 5.71. The molecule has 0 atom stereocenters. The summed E-state index contributed by atoms with van der Waals surface area (Å²) in [6.07, 6.45) is 3.25. The van der Waals surface area contributed by atoms with E-state index in [9.17, 15) is 0 Å². The van der Waals surface area contributed by atoms with Crippen molar-refractivity contribution in [3.8, 4) is 0 Å². The first-order valence-corrected chi connectivity index (χ1v) is 5.91. The number of thioether (sulfide) groups is 1. The molecule has 0 aromatic carbocycles. The van der Waals surface area contributed by atoms with Gasteiger partial charge in [0.15, 0.2) is 0 Å². The van der Waals surface area contributed by atoms with Crippen LogP contribution < -0.4 is 5.46 Å². The Morgan fingerprint density at radius 1 is 1.40 bits per heavy atom. The molecule has 0 saturated heterocycles. The fourth-order valence-corrected chi connectivity index (χ4v) is 2.37. The average Bonchev–Trinajstić information content (AvgIpc) is 2.18. The molecule has 0 aliphatic rings. The van der Waals surface area contributed by atoms with Crippen LogP contribution in [0.3, 0.4) is 0 Å². The molecule has 0 fully saturated rings. The molecule has 0 amide bonds. The molecule has 5 heteroatoms. The molecule has 0 saturated carbocycles. The van der Waals surface area contributed by atoms with Gasteiger partial charge < -0.3 is 10.0 Å². The molecule has 1 heterocycles. The Morgan fingerprint density at radius 3 is 2.60 bits per heavy atom. The summed E-state index contributed by atoms with van der Waals surface area (Å²) in [7, 11) is -1.44. The minimum absolute atomic E-state index is 0.0490. The van der Waals surface area contributed by atoms with Crippen molar-refractivity contribution in [2.45, 2.75) is 25.5 Å². The molecule has 0 radical (unpaired) electrons. The highest BCUT2D eigenvalue weighted by Gasteiger charge is 2.22. The molecule has 0 aliphatic heterocycles. The highest BCUT2D eigenvalue weighted by atomic mass is 32.2. The van der Waals surface area contributed by atoms with Crippen molar-refractivity contribution < 1.29 is 10.0 Å². The van der Waals surface area contributed by atoms with Crippen LogP contribution in [0.25, 0.3) is 0 Å². The van der Waals surface area contributed by atoms with Crippen molar-refractivity contribution in [3.05, 3.63) is 24.0 Å². The van der Waals surface area contributed by atoms with Gasteiger partial charge in [0.05, 0.1) is 0 Å². The SMILES string of the molecule is CCSC(C)(C)c1cncc(B(O)O)c1. The lowest BCUT2D eigenvalue weighted by molar-refractivity contribution is 0.425. The van der Waals surface area contributed by atoms with Gasteiger partial charge in [-0.1, -0.05) is 13.0 Å². The number of rotatable bonds is 4. The first-order chi connectivity index (χ1) is 6.97. The van der Waals surface area contributed by atoms with Crippen LogP contribution in [-0.4, -0.2) is 27.9 Å². The molecule has 15 heavy (non-hydrogen) atoms. The zero-order valence-electron chi connectivity index (χ0n) is 9.27. The summed E-state index contributed by atoms with van der Waals surface area (Å²) in [5.74, 6) is 1.01. The zero-order chi connectivity index (χ0) is 11.5. The number of nitrogens with zero attached hydrogens (tertiary/aromatic N) is 1. The van der Waals surface area contributed by atoms with E-state index in [4.69, 9.17) is 10.0 Å². The van der Waals surface area contributed by atoms with E-state index in [1.165, 1.54) is 6.20 Å². The molecule has 2 N–H and O–H groups in total. The molecular weight excluding hydrogens is 209 g/mol. The van der Waals surface area contributed by atoms with E-state index in [1.807, 2.05) is 0 Å². The van der Waals surface area contributed by atoms with Gasteiger partial charge in [0.2, 0.25) is 0 Å². The summed E-state index contributed by atoms with van der Waals surface area (Å²) < 4.78 is -0.0490. The second kappa shape index (κ2) is 5.01. The normalized spacial score (nSPS) is 11.5. The van der Waals surface area contributed by atoms with E-state index < -0.39 is 7.12 Å². The summed E-state index contributed by atoms with van der Waals surface area (Å²) in [5.41, 5.74) is 1.46. The van der Waals surface area contributed by atoms with Gasteiger partial charge in [0.25, 0.3) is 0 Å². The van der Waals surface area contributed by atoms with Crippen LogP contribution in [0.5, 0.6) is 0 Å². The molecule has 0 spiro atoms. The van der Waals surface area contributed by atoms with E-state index in [0.29, 0.717) is 5.46 Å². The maximum Gasteiger partial charge on any atom is 0.490 e. The van der Waals surface area contributed by atoms with Crippen LogP contribution in [0.15, 0.2) is 18.5 Å². The molecular formula is C10H16BNO2S. The highest BCUT2D eigenvalue weighted by molar-refractivity contribution is 8.00. The van der Waals surface area contributed by atoms with E-state index in [-0.39, 0.29) is 4.75 Å². The topological polar surface area (TPSA) is 53.4 Å². The fraction of sp³-hybridized carbons (Fsp3) is 0.500. The van der Waals surface area contributed by atoms with Crippen molar-refractivity contribution in [1.82, 2.24) is 4.98 Å². The minimum Gasteiger partial charge on any atom is -0.423 e. The molecule has 1 rings (SSSR count). The van der Waals surface area contributed by atoms with Crippen LogP contribution in [-0.2, 0) is 4.75 Å². The van der Waals surface area contributed by atoms with Gasteiger partial charge >= 0.3 is 7.12 Å². The van der Waals surface area contributed by atoms with E-state index >= 15 is 0 Å². The number of hydrogen-bond donors (Lipinski definition) is 2. The van der Waals surface area contributed by atoms with E-state index in [0.717, 1.165) is 11.3 Å². The summed E-state index contributed by atoms with van der Waals surface area (Å²) >= 11 is 1.80. The molecule has 0 aliphatic carbocycles. The summed E-state index contributed by atoms with van der Waals surface area (Å²) in [6, 6.07) is 1.79. The third-order valence-electron chi connectivity index (χ3n) is 2.26. The van der Waals surface area contributed by atoms with E-state index in [2.05, 4.69) is 25.8 Å². The maximum absolute atomic E-state index is 9.05. The first kappa shape index (κ1) is 12.6. The Bertz CT molecular complexity index is 331. The lowest BCUT2D eigenvalue weighted by Gasteiger charge is -2.24. The minimum atomic E-state index is -1.44. The Morgan fingerprint density at radius 2 is 2.07 bits per heavy atom. The van der Waals surface area contributed by atoms with Crippen LogP contribution >= 0.6 is 11.8 Å². The Balaban J connectivity index is 2.99. The first-order valence-electron chi connectivity index (χ1n) is 4.93. The predicted molar refractivity (Wildman–Crippen MR) is 65.2 cm³/mol. The number of aromatic nitrogens is 1. The Kier molecular flexibility index (Phi) is 4.19. The third-order valence-corrected chi connectivity index (χ3v) is 3.50. The average molecular weight is 225 g/mol. The number of hydrogen-bond acceptors (Lipinski definition) is 4. The summed E-state index contributed by atoms with van der Waals surface area (Å²) in [4.78, 5) is 4.02. The molecule has 3 nitrogen and oxygen atoms in total. The predicted octanol–water partition coefficient (Wildman–Crippen LogP) is 0.750. The van der Waals surface area contributed by atoms with Gasteiger partial charge in [-0.15, -0.1) is 0 Å². The quantitative estimate of drug-likeness (QED) is 0.742. The van der Waals surface area contributed by atoms with Gasteiger partial charge in [0, 0.05) is 22.6 Å². The third kappa shape index (κ3) is 3.22. The smallest absolute Gasteiger partial charge is 0.423 e. The van der Waals surface area contributed by atoms with Gasteiger partial charge in [-0.05, 0) is 25.2 Å². The molecule has 0 unspecified atom stereocenters. The molecule has 1 aromatic heterocycles. The monoisotopic (exact) mass is 225 g/mol. The summed E-state index contributed by atoms with van der Waals surface area (Å²) in [5, 5.41) is 18.1. The van der Waals surface area contributed by atoms with Crippen LogP contribution in [0.4, 0.5) is 0 Å². The Hall–Kier alpha value is -0.515. The highest BCUT2D eigenvalue weighted by Crippen LogP contribution is 2.34. The van der Waals surface area contributed by atoms with Crippen LogP contribution in [0.2, 0.25) is 0 Å². The summed E-state index contributed by atoms with van der Waals surface area (Å²) in [6.45, 7) is 6.31. The molecule has 1 aromatic rings. The lowest BCUT2D eigenvalue weighted by atomic mass is 9.80. The van der Waals surface area contributed by atoms with Crippen LogP contribution in [0.1, 0.15) is 26.3 Å². The Labute approximate surface area is 95.1 Å². The maximum atomic E-state index is 9.05. The van der Waals surface area contributed by atoms with Crippen molar-refractivity contribution in [2.24, 2.45) is 0 Å². The van der Waals surface area contributed by atoms with Gasteiger partial charge in [-0.3, -0.25) is 4.98 Å². The second-order valence-electron chi connectivity index (χ2n) is 3.82. The van der Waals surface area contributed by atoms with Gasteiger partial charge in [-0.25, -0.2) is 0 Å².